The van der Waals surface area contributed by atoms with E-state index < -0.39 is 5.91 Å². The number of carbonyl (C=O) groups excluding carboxylic acids is 1. The van der Waals surface area contributed by atoms with Crippen molar-refractivity contribution < 1.29 is 9.28 Å². The highest BCUT2D eigenvalue weighted by molar-refractivity contribution is 5.93. The minimum absolute atomic E-state index is 0.0499. The molecule has 9 heteroatoms. The van der Waals surface area contributed by atoms with Crippen LogP contribution < -0.4 is 21.9 Å². The van der Waals surface area contributed by atoms with Crippen LogP contribution in [0.25, 0.3) is 5.65 Å². The highest BCUT2D eigenvalue weighted by atomic mass is 19.2. The molecule has 2 atom stereocenters. The van der Waals surface area contributed by atoms with Gasteiger partial charge in [-0.3, -0.25) is 14.2 Å². The Kier molecular flexibility index (Phi) is 4.82. The predicted octanol–water partition coefficient (Wildman–Crippen LogP) is 2.53. The number of rotatable bonds is 5. The van der Waals surface area contributed by atoms with Crippen LogP contribution in [0.1, 0.15) is 36.0 Å². The molecule has 0 saturated heterocycles. The van der Waals surface area contributed by atoms with Crippen molar-refractivity contribution in [2.24, 2.45) is 11.5 Å². The number of nitrogens with one attached hydrogen (secondary N) is 1. The van der Waals surface area contributed by atoms with Gasteiger partial charge in [-0.2, -0.15) is 5.12 Å². The van der Waals surface area contributed by atoms with Crippen molar-refractivity contribution in [2.45, 2.75) is 37.8 Å². The Morgan fingerprint density at radius 1 is 1.21 bits per heavy atom. The van der Waals surface area contributed by atoms with E-state index in [1.54, 1.807) is 18.3 Å². The molecule has 1 saturated carbocycles. The molecule has 4 rings (SSSR count). The zero-order chi connectivity index (χ0) is 19.7. The van der Waals surface area contributed by atoms with Gasteiger partial charge >= 0.3 is 0 Å². The van der Waals surface area contributed by atoms with Crippen molar-refractivity contribution >= 4 is 28.7 Å². The molecule has 3 aromatic heterocycles. The van der Waals surface area contributed by atoms with Crippen LogP contribution in [0, 0.1) is 0 Å². The number of pyridine rings is 2. The zero-order valence-corrected chi connectivity index (χ0v) is 15.3. The molecule has 1 fully saturated rings. The van der Waals surface area contributed by atoms with E-state index in [1.165, 1.54) is 18.5 Å². The Hall–Kier alpha value is -3.20. The maximum atomic E-state index is 15.1. The number of carbonyl (C=O) groups is 1. The van der Waals surface area contributed by atoms with Gasteiger partial charge in [-0.1, -0.05) is 17.3 Å². The van der Waals surface area contributed by atoms with Crippen molar-refractivity contribution in [1.29, 1.82) is 0 Å². The molecule has 5 N–H and O–H groups in total. The number of hydrogen-bond donors (Lipinski definition) is 3. The molecule has 3 heterocycles. The van der Waals surface area contributed by atoms with Gasteiger partial charge in [0.25, 0.3) is 0 Å². The van der Waals surface area contributed by atoms with Crippen LogP contribution in [0.4, 0.5) is 21.7 Å². The highest BCUT2D eigenvalue weighted by Gasteiger charge is 2.23. The van der Waals surface area contributed by atoms with E-state index in [-0.39, 0.29) is 29.0 Å². The summed E-state index contributed by atoms with van der Waals surface area (Å²) in [7, 11) is 0. The number of imidazole rings is 1. The second-order valence-corrected chi connectivity index (χ2v) is 7.03. The van der Waals surface area contributed by atoms with Crippen molar-refractivity contribution in [3.8, 4) is 0 Å². The molecule has 0 bridgehead atoms. The van der Waals surface area contributed by atoms with Crippen molar-refractivity contribution in [1.82, 2.24) is 14.4 Å². The molecule has 3 aromatic rings. The standard InChI is InChI=1S/C19H22FN7O/c20-27(14-7-12(19(22)28)10-23-11-14)13-8-17-24-5-6-26(17)18(9-13)25-16-4-2-1-3-15(16)21/h5-11,15-16,25H,1-4,21H2,(H2,22,28). The second kappa shape index (κ2) is 7.43. The first-order valence-corrected chi connectivity index (χ1v) is 9.23. The number of amides is 1. The monoisotopic (exact) mass is 383 g/mol. The summed E-state index contributed by atoms with van der Waals surface area (Å²) in [6.07, 6.45) is 10.3. The first kappa shape index (κ1) is 18.2. The molecule has 2 unspecified atom stereocenters. The van der Waals surface area contributed by atoms with Gasteiger partial charge in [0.05, 0.1) is 23.1 Å². The third-order valence-electron chi connectivity index (χ3n) is 5.10. The van der Waals surface area contributed by atoms with Gasteiger partial charge in [0.15, 0.2) is 0 Å². The molecule has 1 amide bonds. The van der Waals surface area contributed by atoms with Gasteiger partial charge in [0.1, 0.15) is 11.5 Å². The fourth-order valence-electron chi connectivity index (χ4n) is 3.58. The Labute approximate surface area is 161 Å². The first-order valence-electron chi connectivity index (χ1n) is 9.23. The van der Waals surface area contributed by atoms with Crippen LogP contribution in [0.15, 0.2) is 43.0 Å². The lowest BCUT2D eigenvalue weighted by Crippen LogP contribution is -2.42. The summed E-state index contributed by atoms with van der Waals surface area (Å²) >= 11 is 0. The van der Waals surface area contributed by atoms with Crippen molar-refractivity contribution in [2.75, 3.05) is 10.4 Å². The Bertz CT molecular complexity index is 1000. The Morgan fingerprint density at radius 2 is 2.04 bits per heavy atom. The van der Waals surface area contributed by atoms with Gasteiger partial charge in [0, 0.05) is 42.8 Å². The van der Waals surface area contributed by atoms with Gasteiger partial charge in [-0.25, -0.2) is 4.98 Å². The summed E-state index contributed by atoms with van der Waals surface area (Å²) in [5.41, 5.74) is 12.6. The maximum Gasteiger partial charge on any atom is 0.250 e. The number of primary amides is 1. The fourth-order valence-corrected chi connectivity index (χ4v) is 3.58. The molecule has 146 valence electrons. The van der Waals surface area contributed by atoms with Crippen LogP contribution in [-0.4, -0.2) is 32.4 Å². The summed E-state index contributed by atoms with van der Waals surface area (Å²) in [5.74, 6) is 0.0362. The quantitative estimate of drug-likeness (QED) is 0.583. The molecule has 0 aliphatic heterocycles. The van der Waals surface area contributed by atoms with Crippen LogP contribution in [0.3, 0.4) is 0 Å². The highest BCUT2D eigenvalue weighted by Crippen LogP contribution is 2.31. The molecule has 28 heavy (non-hydrogen) atoms. The zero-order valence-electron chi connectivity index (χ0n) is 15.3. The topological polar surface area (TPSA) is 115 Å². The van der Waals surface area contributed by atoms with Gasteiger partial charge in [0.2, 0.25) is 5.91 Å². The van der Waals surface area contributed by atoms with E-state index in [0.717, 1.165) is 25.7 Å². The largest absolute Gasteiger partial charge is 0.367 e. The summed E-state index contributed by atoms with van der Waals surface area (Å²) in [5, 5.41) is 3.91. The average Bonchev–Trinajstić information content (AvgIpc) is 3.18. The summed E-state index contributed by atoms with van der Waals surface area (Å²) < 4.78 is 17.0. The van der Waals surface area contributed by atoms with Crippen molar-refractivity contribution in [3.63, 3.8) is 0 Å². The number of nitrogens with zero attached hydrogens (tertiary/aromatic N) is 4. The van der Waals surface area contributed by atoms with E-state index in [9.17, 15) is 4.79 Å². The van der Waals surface area contributed by atoms with Crippen LogP contribution in [0.2, 0.25) is 0 Å². The van der Waals surface area contributed by atoms with Gasteiger partial charge in [-0.15, -0.1) is 0 Å². The third kappa shape index (κ3) is 3.48. The lowest BCUT2D eigenvalue weighted by molar-refractivity contribution is 0.1000. The lowest BCUT2D eigenvalue weighted by atomic mass is 9.91. The molecular weight excluding hydrogens is 361 g/mol. The number of hydrogen-bond acceptors (Lipinski definition) is 6. The smallest absolute Gasteiger partial charge is 0.250 e. The summed E-state index contributed by atoms with van der Waals surface area (Å²) in [4.78, 5) is 19.5. The maximum absolute atomic E-state index is 15.1. The number of halogens is 1. The molecule has 1 aliphatic rings. The summed E-state index contributed by atoms with van der Waals surface area (Å²) in [6.45, 7) is 0. The molecular formula is C19H22FN7O. The minimum Gasteiger partial charge on any atom is -0.367 e. The van der Waals surface area contributed by atoms with E-state index in [0.29, 0.717) is 16.6 Å². The van der Waals surface area contributed by atoms with Gasteiger partial charge < -0.3 is 16.8 Å². The van der Waals surface area contributed by atoms with E-state index in [1.807, 2.05) is 10.6 Å². The van der Waals surface area contributed by atoms with Crippen LogP contribution in [0.5, 0.6) is 0 Å². The molecule has 0 radical (unpaired) electrons. The average molecular weight is 383 g/mol. The number of anilines is 3. The number of nitrogens with two attached hydrogens (primary N) is 2. The third-order valence-corrected chi connectivity index (χ3v) is 5.10. The summed E-state index contributed by atoms with van der Waals surface area (Å²) in [6, 6.07) is 4.82. The van der Waals surface area contributed by atoms with E-state index in [2.05, 4.69) is 15.3 Å². The predicted molar refractivity (Wildman–Crippen MR) is 105 cm³/mol. The van der Waals surface area contributed by atoms with Crippen molar-refractivity contribution in [3.05, 3.63) is 48.5 Å². The molecule has 8 nitrogen and oxygen atoms in total. The minimum atomic E-state index is -0.667. The SMILES string of the molecule is NC(=O)c1cncc(N(F)c2cc(NC3CCCCC3N)n3ccnc3c2)c1. The molecule has 1 aliphatic carbocycles. The number of fused-ring (bicyclic) bond motifs is 1. The van der Waals surface area contributed by atoms with Crippen LogP contribution >= 0.6 is 0 Å². The van der Waals surface area contributed by atoms with Crippen LogP contribution in [-0.2, 0) is 0 Å². The second-order valence-electron chi connectivity index (χ2n) is 7.03. The van der Waals surface area contributed by atoms with Gasteiger partial charge in [-0.05, 0) is 18.9 Å². The van der Waals surface area contributed by atoms with E-state index >= 15 is 4.48 Å². The fraction of sp³-hybridized carbons (Fsp3) is 0.316. The number of aromatic nitrogens is 3. The lowest BCUT2D eigenvalue weighted by Gasteiger charge is -2.30. The molecule has 0 spiro atoms. The Balaban J connectivity index is 1.69. The van der Waals surface area contributed by atoms with E-state index in [4.69, 9.17) is 11.5 Å². The Morgan fingerprint density at radius 3 is 2.82 bits per heavy atom. The normalized spacial score (nSPS) is 19.5. The molecule has 0 aromatic carbocycles. The first-order chi connectivity index (χ1) is 13.5.